The van der Waals surface area contributed by atoms with Gasteiger partial charge in [-0.05, 0) is 55.2 Å². The summed E-state index contributed by atoms with van der Waals surface area (Å²) in [6, 6.07) is 15.6. The fourth-order valence-corrected chi connectivity index (χ4v) is 3.13. The smallest absolute Gasteiger partial charge is 0.262 e. The molecule has 0 bridgehead atoms. The zero-order chi connectivity index (χ0) is 21.3. The second-order valence-electron chi connectivity index (χ2n) is 7.13. The number of carbonyl (C=O) groups is 1. The van der Waals surface area contributed by atoms with Crippen LogP contribution in [-0.2, 0) is 17.6 Å². The molecule has 1 heterocycles. The topological polar surface area (TPSA) is 76.1 Å². The minimum atomic E-state index is -0.197. The number of ether oxygens (including phenoxy) is 1. The third-order valence-electron chi connectivity index (χ3n) is 4.67. The van der Waals surface area contributed by atoms with Crippen LogP contribution in [0.1, 0.15) is 37.1 Å². The second kappa shape index (κ2) is 10.4. The summed E-state index contributed by atoms with van der Waals surface area (Å²) in [5.74, 6) is 1.20. The van der Waals surface area contributed by atoms with Gasteiger partial charge in [-0.15, -0.1) is 0 Å². The first kappa shape index (κ1) is 21.3. The molecule has 6 nitrogen and oxygen atoms in total. The SMILES string of the molecule is CCCc1ccc(OCC(=O)Nc2cc(Nc3cc(C)ncn3)ccc2CC)cc1. The van der Waals surface area contributed by atoms with Gasteiger partial charge in [0.1, 0.15) is 17.9 Å². The minimum absolute atomic E-state index is 0.0426. The molecule has 3 aromatic rings. The van der Waals surface area contributed by atoms with Crippen molar-refractivity contribution in [1.29, 1.82) is 0 Å². The Balaban J connectivity index is 1.63. The second-order valence-corrected chi connectivity index (χ2v) is 7.13. The predicted molar refractivity (Wildman–Crippen MR) is 120 cm³/mol. The summed E-state index contributed by atoms with van der Waals surface area (Å²) in [5.41, 5.74) is 4.81. The van der Waals surface area contributed by atoms with Crippen LogP contribution in [0.4, 0.5) is 17.2 Å². The van der Waals surface area contributed by atoms with Crippen molar-refractivity contribution in [2.45, 2.75) is 40.0 Å². The highest BCUT2D eigenvalue weighted by atomic mass is 16.5. The third kappa shape index (κ3) is 6.04. The number of nitrogens with zero attached hydrogens (tertiary/aromatic N) is 2. The molecule has 2 aromatic carbocycles. The molecular formula is C24H28N4O2. The van der Waals surface area contributed by atoms with Crippen LogP contribution in [0.15, 0.2) is 54.9 Å². The van der Waals surface area contributed by atoms with Crippen LogP contribution in [0, 0.1) is 6.92 Å². The van der Waals surface area contributed by atoms with E-state index in [9.17, 15) is 4.79 Å². The highest BCUT2D eigenvalue weighted by Gasteiger charge is 2.09. The molecule has 0 saturated heterocycles. The first-order chi connectivity index (χ1) is 14.6. The van der Waals surface area contributed by atoms with Crippen LogP contribution in [0.25, 0.3) is 0 Å². The van der Waals surface area contributed by atoms with E-state index in [1.54, 1.807) is 0 Å². The van der Waals surface area contributed by atoms with Gasteiger partial charge >= 0.3 is 0 Å². The number of anilines is 3. The van der Waals surface area contributed by atoms with Gasteiger partial charge in [-0.2, -0.15) is 0 Å². The molecule has 0 spiro atoms. The van der Waals surface area contributed by atoms with Crippen molar-refractivity contribution < 1.29 is 9.53 Å². The Labute approximate surface area is 177 Å². The Morgan fingerprint density at radius 2 is 1.83 bits per heavy atom. The van der Waals surface area contributed by atoms with Gasteiger partial charge in [-0.1, -0.05) is 38.5 Å². The van der Waals surface area contributed by atoms with Crippen molar-refractivity contribution in [3.8, 4) is 5.75 Å². The highest BCUT2D eigenvalue weighted by Crippen LogP contribution is 2.24. The maximum Gasteiger partial charge on any atom is 0.262 e. The van der Waals surface area contributed by atoms with Gasteiger partial charge < -0.3 is 15.4 Å². The number of carbonyl (C=O) groups excluding carboxylic acids is 1. The highest BCUT2D eigenvalue weighted by molar-refractivity contribution is 5.93. The summed E-state index contributed by atoms with van der Waals surface area (Å²) in [6.07, 6.45) is 4.47. The minimum Gasteiger partial charge on any atom is -0.484 e. The number of hydrogen-bond donors (Lipinski definition) is 2. The number of aryl methyl sites for hydroxylation is 3. The van der Waals surface area contributed by atoms with Crippen LogP contribution in [0.3, 0.4) is 0 Å². The maximum atomic E-state index is 12.5. The van der Waals surface area contributed by atoms with Crippen LogP contribution < -0.4 is 15.4 Å². The Bertz CT molecular complexity index is 987. The Kier molecular flexibility index (Phi) is 7.38. The summed E-state index contributed by atoms with van der Waals surface area (Å²) >= 11 is 0. The molecule has 1 amide bonds. The van der Waals surface area contributed by atoms with E-state index in [-0.39, 0.29) is 12.5 Å². The van der Waals surface area contributed by atoms with E-state index in [0.29, 0.717) is 11.6 Å². The zero-order valence-electron chi connectivity index (χ0n) is 17.7. The summed E-state index contributed by atoms with van der Waals surface area (Å²) in [6.45, 7) is 6.08. The molecule has 0 aliphatic heterocycles. The lowest BCUT2D eigenvalue weighted by Crippen LogP contribution is -2.21. The van der Waals surface area contributed by atoms with E-state index in [1.165, 1.54) is 11.9 Å². The maximum absolute atomic E-state index is 12.5. The van der Waals surface area contributed by atoms with E-state index < -0.39 is 0 Å². The fraction of sp³-hybridized carbons (Fsp3) is 0.292. The lowest BCUT2D eigenvalue weighted by Gasteiger charge is -2.14. The molecule has 30 heavy (non-hydrogen) atoms. The largest absolute Gasteiger partial charge is 0.484 e. The summed E-state index contributed by atoms with van der Waals surface area (Å²) < 4.78 is 5.64. The van der Waals surface area contributed by atoms with Crippen molar-refractivity contribution in [2.24, 2.45) is 0 Å². The Morgan fingerprint density at radius 1 is 1.03 bits per heavy atom. The Morgan fingerprint density at radius 3 is 2.53 bits per heavy atom. The van der Waals surface area contributed by atoms with Crippen LogP contribution in [0.5, 0.6) is 5.75 Å². The number of rotatable bonds is 9. The van der Waals surface area contributed by atoms with Gasteiger partial charge in [0.2, 0.25) is 0 Å². The van der Waals surface area contributed by atoms with Crippen molar-refractivity contribution in [3.63, 3.8) is 0 Å². The zero-order valence-corrected chi connectivity index (χ0v) is 17.7. The number of benzene rings is 2. The van der Waals surface area contributed by atoms with Crippen molar-refractivity contribution in [3.05, 3.63) is 71.7 Å². The molecule has 1 aromatic heterocycles. The molecular weight excluding hydrogens is 376 g/mol. The molecule has 0 unspecified atom stereocenters. The van der Waals surface area contributed by atoms with Crippen molar-refractivity contribution in [1.82, 2.24) is 9.97 Å². The standard InChI is InChI=1S/C24H28N4O2/c1-4-6-18-7-11-21(12-8-18)30-15-24(29)28-22-14-20(10-9-19(22)5-2)27-23-13-17(3)25-16-26-23/h7-14,16H,4-6,15H2,1-3H3,(H,28,29)(H,25,26,27). The predicted octanol–water partition coefficient (Wildman–Crippen LogP) is 5.06. The van der Waals surface area contributed by atoms with E-state index >= 15 is 0 Å². The molecule has 0 aliphatic rings. The molecule has 0 atom stereocenters. The first-order valence-electron chi connectivity index (χ1n) is 10.3. The number of nitrogens with one attached hydrogen (secondary N) is 2. The normalized spacial score (nSPS) is 10.5. The van der Waals surface area contributed by atoms with Gasteiger partial charge in [0.05, 0.1) is 0 Å². The van der Waals surface area contributed by atoms with Crippen LogP contribution in [0.2, 0.25) is 0 Å². The quantitative estimate of drug-likeness (QED) is 0.521. The molecule has 0 aliphatic carbocycles. The van der Waals surface area contributed by atoms with E-state index in [4.69, 9.17) is 4.74 Å². The average molecular weight is 405 g/mol. The molecule has 0 fully saturated rings. The van der Waals surface area contributed by atoms with Crippen LogP contribution >= 0.6 is 0 Å². The molecule has 3 rings (SSSR count). The van der Waals surface area contributed by atoms with Crippen molar-refractivity contribution in [2.75, 3.05) is 17.2 Å². The van der Waals surface area contributed by atoms with Gasteiger partial charge in [0.15, 0.2) is 6.61 Å². The first-order valence-corrected chi connectivity index (χ1v) is 10.3. The van der Waals surface area contributed by atoms with Gasteiger partial charge in [-0.3, -0.25) is 4.79 Å². The van der Waals surface area contributed by atoms with Gasteiger partial charge in [0, 0.05) is 23.1 Å². The summed E-state index contributed by atoms with van der Waals surface area (Å²) in [5, 5.41) is 6.21. The number of hydrogen-bond acceptors (Lipinski definition) is 5. The average Bonchev–Trinajstić information content (AvgIpc) is 2.74. The Hall–Kier alpha value is -3.41. The molecule has 2 N–H and O–H groups in total. The van der Waals surface area contributed by atoms with E-state index in [0.717, 1.165) is 41.9 Å². The number of amides is 1. The van der Waals surface area contributed by atoms with E-state index in [2.05, 4.69) is 34.4 Å². The third-order valence-corrected chi connectivity index (χ3v) is 4.67. The van der Waals surface area contributed by atoms with Gasteiger partial charge in [0.25, 0.3) is 5.91 Å². The molecule has 156 valence electrons. The van der Waals surface area contributed by atoms with Gasteiger partial charge in [-0.25, -0.2) is 9.97 Å². The van der Waals surface area contributed by atoms with E-state index in [1.807, 2.05) is 55.5 Å². The molecule has 6 heteroatoms. The number of aromatic nitrogens is 2. The van der Waals surface area contributed by atoms with Crippen molar-refractivity contribution >= 4 is 23.1 Å². The van der Waals surface area contributed by atoms with Crippen LogP contribution in [-0.4, -0.2) is 22.5 Å². The molecule has 0 saturated carbocycles. The summed E-state index contributed by atoms with van der Waals surface area (Å²) in [7, 11) is 0. The summed E-state index contributed by atoms with van der Waals surface area (Å²) in [4.78, 5) is 20.8. The molecule has 0 radical (unpaired) electrons. The monoisotopic (exact) mass is 404 g/mol. The fourth-order valence-electron chi connectivity index (χ4n) is 3.13. The lowest BCUT2D eigenvalue weighted by molar-refractivity contribution is -0.118. The lowest BCUT2D eigenvalue weighted by atomic mass is 10.1.